The summed E-state index contributed by atoms with van der Waals surface area (Å²) >= 11 is 0. The van der Waals surface area contributed by atoms with E-state index >= 15 is 0 Å². The van der Waals surface area contributed by atoms with Crippen molar-refractivity contribution in [2.24, 2.45) is 0 Å². The highest BCUT2D eigenvalue weighted by molar-refractivity contribution is 5.71. The highest BCUT2D eigenvalue weighted by atomic mass is 16.5. The number of aryl methyl sites for hydroxylation is 1. The number of carbonyl (C=O) groups is 1. The van der Waals surface area contributed by atoms with Gasteiger partial charge in [0.05, 0.1) is 0 Å². The first kappa shape index (κ1) is 14.1. The minimum absolute atomic E-state index is 0.394. The van der Waals surface area contributed by atoms with Crippen molar-refractivity contribution < 1.29 is 9.53 Å². The Morgan fingerprint density at radius 1 is 1.26 bits per heavy atom. The lowest BCUT2D eigenvalue weighted by Gasteiger charge is -2.31. The van der Waals surface area contributed by atoms with Gasteiger partial charge in [0.2, 0.25) is 0 Å². The molecule has 0 amide bonds. The van der Waals surface area contributed by atoms with Crippen molar-refractivity contribution >= 4 is 6.29 Å². The van der Waals surface area contributed by atoms with Crippen LogP contribution in [0.4, 0.5) is 0 Å². The summed E-state index contributed by atoms with van der Waals surface area (Å²) in [6.07, 6.45) is 7.42. The minimum atomic E-state index is -0.394. The summed E-state index contributed by atoms with van der Waals surface area (Å²) < 4.78 is 6.05. The predicted octanol–water partition coefficient (Wildman–Crippen LogP) is 3.18. The maximum atomic E-state index is 11.0. The van der Waals surface area contributed by atoms with E-state index in [-0.39, 0.29) is 0 Å². The van der Waals surface area contributed by atoms with E-state index in [1.807, 2.05) is 13.8 Å². The molecule has 1 heterocycles. The topological polar surface area (TPSA) is 52.1 Å². The molecule has 4 heteroatoms. The summed E-state index contributed by atoms with van der Waals surface area (Å²) in [4.78, 5) is 19.9. The van der Waals surface area contributed by atoms with Gasteiger partial charge in [0.25, 0.3) is 0 Å². The van der Waals surface area contributed by atoms with Crippen LogP contribution in [0, 0.1) is 6.92 Å². The summed E-state index contributed by atoms with van der Waals surface area (Å²) in [7, 11) is 0. The summed E-state index contributed by atoms with van der Waals surface area (Å²) in [5, 5.41) is 0. The van der Waals surface area contributed by atoms with E-state index in [2.05, 4.69) is 9.97 Å². The molecule has 1 aromatic heterocycles. The molecule has 0 atom stereocenters. The lowest BCUT2D eigenvalue weighted by Crippen LogP contribution is -2.32. The van der Waals surface area contributed by atoms with Gasteiger partial charge in [-0.15, -0.1) is 0 Å². The molecular formula is C15H22N2O2. The van der Waals surface area contributed by atoms with Crippen molar-refractivity contribution in [2.75, 3.05) is 6.61 Å². The van der Waals surface area contributed by atoms with Crippen molar-refractivity contribution in [3.8, 4) is 0 Å². The van der Waals surface area contributed by atoms with Gasteiger partial charge in [0.15, 0.2) is 12.1 Å². The van der Waals surface area contributed by atoms with Crippen molar-refractivity contribution in [3.05, 3.63) is 23.3 Å². The molecule has 2 rings (SSSR count). The fraction of sp³-hybridized carbons (Fsp3) is 0.667. The molecule has 1 aliphatic rings. The molecule has 0 radical (unpaired) electrons. The summed E-state index contributed by atoms with van der Waals surface area (Å²) in [6.45, 7) is 4.55. The third-order valence-corrected chi connectivity index (χ3v) is 3.73. The number of aromatic nitrogens is 2. The van der Waals surface area contributed by atoms with Gasteiger partial charge in [-0.2, -0.15) is 0 Å². The Labute approximate surface area is 114 Å². The Bertz CT molecular complexity index is 438. The van der Waals surface area contributed by atoms with Crippen LogP contribution in [0.2, 0.25) is 0 Å². The molecule has 0 unspecified atom stereocenters. The van der Waals surface area contributed by atoms with E-state index in [0.29, 0.717) is 18.1 Å². The molecule has 1 saturated carbocycles. The molecule has 0 spiro atoms. The zero-order chi connectivity index (χ0) is 13.7. The third-order valence-electron chi connectivity index (χ3n) is 3.73. The largest absolute Gasteiger partial charge is 0.367 e. The second-order valence-corrected chi connectivity index (χ2v) is 5.22. The maximum Gasteiger partial charge on any atom is 0.168 e. The van der Waals surface area contributed by atoms with Crippen LogP contribution in [0.15, 0.2) is 6.07 Å². The molecule has 1 fully saturated rings. The first-order valence-corrected chi connectivity index (χ1v) is 7.15. The average molecular weight is 262 g/mol. The van der Waals surface area contributed by atoms with Gasteiger partial charge < -0.3 is 4.74 Å². The summed E-state index contributed by atoms with van der Waals surface area (Å²) in [6, 6.07) is 1.72. The first-order chi connectivity index (χ1) is 9.20. The lowest BCUT2D eigenvalue weighted by atomic mass is 9.92. The van der Waals surface area contributed by atoms with Gasteiger partial charge in [-0.05, 0) is 32.8 Å². The maximum absolute atomic E-state index is 11.0. The normalized spacial score (nSPS) is 18.8. The van der Waals surface area contributed by atoms with E-state index in [0.717, 1.165) is 37.7 Å². The Morgan fingerprint density at radius 3 is 2.53 bits per heavy atom. The van der Waals surface area contributed by atoms with Gasteiger partial charge in [-0.25, -0.2) is 9.97 Å². The molecule has 4 nitrogen and oxygen atoms in total. The first-order valence-electron chi connectivity index (χ1n) is 7.15. The lowest BCUT2D eigenvalue weighted by molar-refractivity contribution is -0.0626. The highest BCUT2D eigenvalue weighted by Crippen LogP contribution is 2.37. The molecular weight excluding hydrogens is 240 g/mol. The van der Waals surface area contributed by atoms with Crippen molar-refractivity contribution in [2.45, 2.75) is 58.0 Å². The number of hydrogen-bond donors (Lipinski definition) is 0. The van der Waals surface area contributed by atoms with Gasteiger partial charge >= 0.3 is 0 Å². The van der Waals surface area contributed by atoms with Crippen LogP contribution in [0.5, 0.6) is 0 Å². The molecule has 0 N–H and O–H groups in total. The van der Waals surface area contributed by atoms with Crippen LogP contribution in [0.3, 0.4) is 0 Å². The quantitative estimate of drug-likeness (QED) is 0.617. The molecule has 19 heavy (non-hydrogen) atoms. The van der Waals surface area contributed by atoms with Crippen LogP contribution in [-0.2, 0) is 10.3 Å². The molecule has 104 valence electrons. The van der Waals surface area contributed by atoms with Crippen LogP contribution in [-0.4, -0.2) is 22.9 Å². The molecule has 1 aromatic rings. The van der Waals surface area contributed by atoms with Gasteiger partial charge in [0.1, 0.15) is 11.3 Å². The number of hydrogen-bond acceptors (Lipinski definition) is 4. The second-order valence-electron chi connectivity index (χ2n) is 5.22. The number of carbonyl (C=O) groups excluding carboxylic acids is 1. The summed E-state index contributed by atoms with van der Waals surface area (Å²) in [5.74, 6) is 0.693. The standard InChI is InChI=1S/C15H22N2O2/c1-3-19-15(8-6-4-5-7-9-15)14-16-12(2)10-13(11-18)17-14/h10-11H,3-9H2,1-2H3. The van der Waals surface area contributed by atoms with E-state index < -0.39 is 5.60 Å². The van der Waals surface area contributed by atoms with E-state index in [1.54, 1.807) is 6.07 Å². The van der Waals surface area contributed by atoms with Crippen LogP contribution >= 0.6 is 0 Å². The van der Waals surface area contributed by atoms with E-state index in [4.69, 9.17) is 4.74 Å². The van der Waals surface area contributed by atoms with Gasteiger partial charge in [0, 0.05) is 12.3 Å². The number of nitrogens with zero attached hydrogens (tertiary/aromatic N) is 2. The van der Waals surface area contributed by atoms with Crippen LogP contribution in [0.25, 0.3) is 0 Å². The van der Waals surface area contributed by atoms with Crippen molar-refractivity contribution in [1.82, 2.24) is 9.97 Å². The molecule has 0 aromatic carbocycles. The average Bonchev–Trinajstić information content (AvgIpc) is 2.65. The SMILES string of the molecule is CCOC1(c2nc(C)cc(C=O)n2)CCCCCC1. The predicted molar refractivity (Wildman–Crippen MR) is 73.2 cm³/mol. The number of aldehydes is 1. The monoisotopic (exact) mass is 262 g/mol. The molecule has 0 saturated heterocycles. The number of ether oxygens (including phenoxy) is 1. The summed E-state index contributed by atoms with van der Waals surface area (Å²) in [5.41, 5.74) is 0.885. The van der Waals surface area contributed by atoms with Gasteiger partial charge in [-0.3, -0.25) is 4.79 Å². The van der Waals surface area contributed by atoms with E-state index in [9.17, 15) is 4.79 Å². The Kier molecular flexibility index (Phi) is 4.64. The van der Waals surface area contributed by atoms with E-state index in [1.165, 1.54) is 12.8 Å². The molecule has 0 bridgehead atoms. The smallest absolute Gasteiger partial charge is 0.168 e. The fourth-order valence-electron chi connectivity index (χ4n) is 2.87. The molecule has 0 aliphatic heterocycles. The zero-order valence-corrected chi connectivity index (χ0v) is 11.8. The molecule has 1 aliphatic carbocycles. The number of rotatable bonds is 4. The fourth-order valence-corrected chi connectivity index (χ4v) is 2.87. The Balaban J connectivity index is 2.41. The van der Waals surface area contributed by atoms with Crippen molar-refractivity contribution in [1.29, 1.82) is 0 Å². The zero-order valence-electron chi connectivity index (χ0n) is 11.8. The Hall–Kier alpha value is -1.29. The second kappa shape index (κ2) is 6.24. The minimum Gasteiger partial charge on any atom is -0.367 e. The van der Waals surface area contributed by atoms with Crippen LogP contribution < -0.4 is 0 Å². The van der Waals surface area contributed by atoms with Gasteiger partial charge in [-0.1, -0.05) is 25.7 Å². The van der Waals surface area contributed by atoms with Crippen molar-refractivity contribution in [3.63, 3.8) is 0 Å². The Morgan fingerprint density at radius 2 is 1.95 bits per heavy atom. The third kappa shape index (κ3) is 3.18. The highest BCUT2D eigenvalue weighted by Gasteiger charge is 2.36. The van der Waals surface area contributed by atoms with Crippen LogP contribution in [0.1, 0.15) is 67.5 Å².